The van der Waals surface area contributed by atoms with Crippen LogP contribution in [-0.4, -0.2) is 40.5 Å². The van der Waals surface area contributed by atoms with Crippen LogP contribution in [0.1, 0.15) is 38.0 Å². The maximum Gasteiger partial charge on any atom is 0.254 e. The molecule has 0 bridgehead atoms. The Bertz CT molecular complexity index is 1110. The number of hydrogen-bond acceptors (Lipinski definition) is 3. The van der Waals surface area contributed by atoms with Crippen LogP contribution in [0.5, 0.6) is 0 Å². The first-order chi connectivity index (χ1) is 15.7. The third-order valence-corrected chi connectivity index (χ3v) is 7.57. The van der Waals surface area contributed by atoms with Gasteiger partial charge in [-0.15, -0.1) is 11.8 Å². The minimum atomic E-state index is 0.0113. The van der Waals surface area contributed by atoms with Gasteiger partial charge in [0.15, 0.2) is 0 Å². The van der Waals surface area contributed by atoms with Crippen LogP contribution in [0.3, 0.4) is 0 Å². The molecule has 0 unspecified atom stereocenters. The quantitative estimate of drug-likeness (QED) is 0.575. The highest BCUT2D eigenvalue weighted by Gasteiger charge is 2.32. The van der Waals surface area contributed by atoms with Crippen LogP contribution >= 0.6 is 11.8 Å². The van der Waals surface area contributed by atoms with Crippen molar-refractivity contribution in [1.29, 1.82) is 0 Å². The van der Waals surface area contributed by atoms with E-state index in [2.05, 4.69) is 30.3 Å². The first kappa shape index (κ1) is 20.8. The van der Waals surface area contributed by atoms with Gasteiger partial charge in [0.1, 0.15) is 5.37 Å². The number of thioether (sulfide) groups is 1. The summed E-state index contributed by atoms with van der Waals surface area (Å²) in [6.45, 7) is 2.11. The molecule has 0 aliphatic carbocycles. The van der Waals surface area contributed by atoms with Gasteiger partial charge in [0.05, 0.1) is 5.75 Å². The third kappa shape index (κ3) is 4.30. The van der Waals surface area contributed by atoms with E-state index in [9.17, 15) is 9.59 Å². The van der Waals surface area contributed by atoms with Crippen molar-refractivity contribution in [1.82, 2.24) is 9.80 Å². The van der Waals surface area contributed by atoms with Crippen LogP contribution < -0.4 is 0 Å². The molecule has 0 aromatic heterocycles. The average molecular weight is 443 g/mol. The Morgan fingerprint density at radius 3 is 2.41 bits per heavy atom. The van der Waals surface area contributed by atoms with Crippen molar-refractivity contribution >= 4 is 23.6 Å². The van der Waals surface area contributed by atoms with Gasteiger partial charge in [-0.3, -0.25) is 9.59 Å². The summed E-state index contributed by atoms with van der Waals surface area (Å²) in [6.07, 6.45) is 1.74. The Morgan fingerprint density at radius 1 is 0.906 bits per heavy atom. The SMILES string of the molecule is O=C(c1ccc([C@H]2SCC(=O)N2CCc2ccccc2)cc1)N1CCc2ccccc2C1. The van der Waals surface area contributed by atoms with Crippen LogP contribution in [0.25, 0.3) is 0 Å². The molecule has 1 atom stereocenters. The fourth-order valence-corrected chi connectivity index (χ4v) is 5.73. The predicted octanol–water partition coefficient (Wildman–Crippen LogP) is 4.70. The lowest BCUT2D eigenvalue weighted by Crippen LogP contribution is -2.36. The van der Waals surface area contributed by atoms with Crippen LogP contribution in [0.4, 0.5) is 0 Å². The number of hydrogen-bond donors (Lipinski definition) is 0. The smallest absolute Gasteiger partial charge is 0.254 e. The largest absolute Gasteiger partial charge is 0.334 e. The molecule has 32 heavy (non-hydrogen) atoms. The van der Waals surface area contributed by atoms with Gasteiger partial charge in [0.25, 0.3) is 5.91 Å². The van der Waals surface area contributed by atoms with Gasteiger partial charge in [-0.1, -0.05) is 66.7 Å². The first-order valence-corrected chi connectivity index (χ1v) is 12.1. The van der Waals surface area contributed by atoms with Crippen molar-refractivity contribution in [3.05, 3.63) is 107 Å². The molecular weight excluding hydrogens is 416 g/mol. The van der Waals surface area contributed by atoms with Crippen molar-refractivity contribution in [3.8, 4) is 0 Å². The Hall–Kier alpha value is -3.05. The molecule has 0 spiro atoms. The molecule has 3 aromatic rings. The summed E-state index contributed by atoms with van der Waals surface area (Å²) in [5.41, 5.74) is 5.59. The summed E-state index contributed by atoms with van der Waals surface area (Å²) in [4.78, 5) is 29.5. The van der Waals surface area contributed by atoms with Gasteiger partial charge in [-0.2, -0.15) is 0 Å². The molecule has 4 nitrogen and oxygen atoms in total. The Morgan fingerprint density at radius 2 is 1.62 bits per heavy atom. The fraction of sp³-hybridized carbons (Fsp3) is 0.259. The summed E-state index contributed by atoms with van der Waals surface area (Å²) in [5, 5.41) is 0.0113. The van der Waals surface area contributed by atoms with Gasteiger partial charge in [-0.05, 0) is 47.2 Å². The summed E-state index contributed by atoms with van der Waals surface area (Å²) in [5.74, 6) is 0.762. The molecule has 0 radical (unpaired) electrons. The minimum Gasteiger partial charge on any atom is -0.334 e. The van der Waals surface area contributed by atoms with E-state index < -0.39 is 0 Å². The molecule has 1 fully saturated rings. The zero-order chi connectivity index (χ0) is 21.9. The molecular formula is C27H26N2O2S. The monoisotopic (exact) mass is 442 g/mol. The fourth-order valence-electron chi connectivity index (χ4n) is 4.51. The topological polar surface area (TPSA) is 40.6 Å². The predicted molar refractivity (Wildman–Crippen MR) is 128 cm³/mol. The van der Waals surface area contributed by atoms with Crippen molar-refractivity contribution < 1.29 is 9.59 Å². The second-order valence-corrected chi connectivity index (χ2v) is 9.42. The Labute approximate surface area is 193 Å². The number of benzene rings is 3. The number of fused-ring (bicyclic) bond motifs is 1. The Balaban J connectivity index is 1.26. The molecule has 2 aliphatic heterocycles. The molecule has 2 aliphatic rings. The van der Waals surface area contributed by atoms with Gasteiger partial charge < -0.3 is 9.80 Å². The van der Waals surface area contributed by atoms with E-state index >= 15 is 0 Å². The minimum absolute atomic E-state index is 0.0113. The van der Waals surface area contributed by atoms with Crippen molar-refractivity contribution in [2.45, 2.75) is 24.8 Å². The number of nitrogens with zero attached hydrogens (tertiary/aromatic N) is 2. The molecule has 1 saturated heterocycles. The number of carbonyl (C=O) groups is 2. The lowest BCUT2D eigenvalue weighted by atomic mass is 9.99. The standard InChI is InChI=1S/C27H26N2O2S/c30-25-19-32-27(29(25)17-14-20-6-2-1-3-7-20)23-12-10-22(11-13-23)26(31)28-16-15-21-8-4-5-9-24(21)18-28/h1-13,27H,14-19H2/t27-/m1/s1. The van der Waals surface area contributed by atoms with Gasteiger partial charge in [0.2, 0.25) is 5.91 Å². The molecule has 5 rings (SSSR count). The Kier molecular flexibility index (Phi) is 5.99. The maximum absolute atomic E-state index is 13.1. The lowest BCUT2D eigenvalue weighted by Gasteiger charge is -2.29. The van der Waals surface area contributed by atoms with Crippen molar-refractivity contribution in [2.24, 2.45) is 0 Å². The van der Waals surface area contributed by atoms with E-state index in [0.29, 0.717) is 24.4 Å². The van der Waals surface area contributed by atoms with Crippen LogP contribution in [0.2, 0.25) is 0 Å². The highest BCUT2D eigenvalue weighted by Crippen LogP contribution is 2.38. The van der Waals surface area contributed by atoms with E-state index in [1.807, 2.05) is 58.3 Å². The maximum atomic E-state index is 13.1. The second kappa shape index (κ2) is 9.21. The lowest BCUT2D eigenvalue weighted by molar-refractivity contribution is -0.128. The van der Waals surface area contributed by atoms with Crippen LogP contribution in [-0.2, 0) is 24.2 Å². The molecule has 2 heterocycles. The van der Waals surface area contributed by atoms with E-state index in [1.54, 1.807) is 11.8 Å². The van der Waals surface area contributed by atoms with E-state index in [1.165, 1.54) is 16.7 Å². The van der Waals surface area contributed by atoms with Gasteiger partial charge >= 0.3 is 0 Å². The number of rotatable bonds is 5. The van der Waals surface area contributed by atoms with E-state index in [-0.39, 0.29) is 17.2 Å². The highest BCUT2D eigenvalue weighted by molar-refractivity contribution is 8.00. The zero-order valence-corrected chi connectivity index (χ0v) is 18.8. The van der Waals surface area contributed by atoms with Crippen molar-refractivity contribution in [3.63, 3.8) is 0 Å². The summed E-state index contributed by atoms with van der Waals surface area (Å²) in [7, 11) is 0. The normalized spacial score (nSPS) is 18.0. The molecule has 2 amide bonds. The third-order valence-electron chi connectivity index (χ3n) is 6.31. The zero-order valence-electron chi connectivity index (χ0n) is 17.9. The van der Waals surface area contributed by atoms with Crippen molar-refractivity contribution in [2.75, 3.05) is 18.8 Å². The molecule has 162 valence electrons. The van der Waals surface area contributed by atoms with Gasteiger partial charge in [-0.25, -0.2) is 0 Å². The molecule has 0 N–H and O–H groups in total. The van der Waals surface area contributed by atoms with E-state index in [4.69, 9.17) is 0 Å². The number of carbonyl (C=O) groups excluding carboxylic acids is 2. The van der Waals surface area contributed by atoms with E-state index in [0.717, 1.165) is 24.9 Å². The summed E-state index contributed by atoms with van der Waals surface area (Å²) < 4.78 is 0. The first-order valence-electron chi connectivity index (χ1n) is 11.1. The van der Waals surface area contributed by atoms with Crippen LogP contribution in [0.15, 0.2) is 78.9 Å². The molecule has 3 aromatic carbocycles. The summed E-state index contributed by atoms with van der Waals surface area (Å²) >= 11 is 1.66. The van der Waals surface area contributed by atoms with Gasteiger partial charge in [0, 0.05) is 25.2 Å². The highest BCUT2D eigenvalue weighted by atomic mass is 32.2. The molecule has 0 saturated carbocycles. The number of amides is 2. The second-order valence-electron chi connectivity index (χ2n) is 8.35. The summed E-state index contributed by atoms with van der Waals surface area (Å²) in [6, 6.07) is 26.5. The molecule has 5 heteroatoms. The van der Waals surface area contributed by atoms with Crippen LogP contribution in [0, 0.1) is 0 Å². The average Bonchev–Trinajstić information content (AvgIpc) is 3.23.